The van der Waals surface area contributed by atoms with Crippen molar-refractivity contribution in [2.75, 3.05) is 0 Å². The van der Waals surface area contributed by atoms with Crippen molar-refractivity contribution >= 4 is 0 Å². The van der Waals surface area contributed by atoms with Gasteiger partial charge in [0.1, 0.15) is 0 Å². The summed E-state index contributed by atoms with van der Waals surface area (Å²) in [5.41, 5.74) is 3.86. The molecule has 1 nitrogen and oxygen atoms in total. The van der Waals surface area contributed by atoms with Crippen molar-refractivity contribution in [3.05, 3.63) is 34.9 Å². The summed E-state index contributed by atoms with van der Waals surface area (Å²) in [6.45, 7) is 8.83. The third kappa shape index (κ3) is 2.77. The minimum atomic E-state index is -0.307. The highest BCUT2D eigenvalue weighted by Gasteiger charge is 2.37. The fourth-order valence-electron chi connectivity index (χ4n) is 3.52. The van der Waals surface area contributed by atoms with Crippen LogP contribution in [0.3, 0.4) is 0 Å². The van der Waals surface area contributed by atoms with E-state index in [1.165, 1.54) is 30.4 Å². The van der Waals surface area contributed by atoms with Crippen LogP contribution in [0.25, 0.3) is 0 Å². The predicted molar refractivity (Wildman–Crippen MR) is 76.6 cm³/mol. The molecule has 1 fully saturated rings. The van der Waals surface area contributed by atoms with Gasteiger partial charge in [-0.3, -0.25) is 0 Å². The topological polar surface area (TPSA) is 20.2 Å². The van der Waals surface area contributed by atoms with Crippen LogP contribution in [0.15, 0.2) is 18.2 Å². The Bertz CT molecular complexity index is 399. The van der Waals surface area contributed by atoms with Crippen LogP contribution in [0.4, 0.5) is 0 Å². The van der Waals surface area contributed by atoms with Gasteiger partial charge in [-0.1, -0.05) is 56.0 Å². The number of benzene rings is 1. The monoisotopic (exact) mass is 246 g/mol. The van der Waals surface area contributed by atoms with Gasteiger partial charge >= 0.3 is 0 Å². The Morgan fingerprint density at radius 3 is 2.28 bits per heavy atom. The van der Waals surface area contributed by atoms with E-state index in [1.54, 1.807) is 0 Å². The third-order valence-electron chi connectivity index (χ3n) is 4.56. The van der Waals surface area contributed by atoms with Crippen LogP contribution < -0.4 is 0 Å². The Kier molecular flexibility index (Phi) is 3.82. The molecule has 1 heteroatoms. The number of aliphatic hydroxyl groups excluding tert-OH is 1. The summed E-state index contributed by atoms with van der Waals surface area (Å²) in [6.07, 6.45) is 4.65. The molecule has 0 aliphatic heterocycles. The minimum absolute atomic E-state index is 0.259. The van der Waals surface area contributed by atoms with Gasteiger partial charge in [-0.2, -0.15) is 0 Å². The van der Waals surface area contributed by atoms with Crippen molar-refractivity contribution in [3.8, 4) is 0 Å². The highest BCUT2D eigenvalue weighted by molar-refractivity contribution is 5.30. The van der Waals surface area contributed by atoms with E-state index >= 15 is 0 Å². The summed E-state index contributed by atoms with van der Waals surface area (Å²) in [4.78, 5) is 0. The van der Waals surface area contributed by atoms with Gasteiger partial charge in [-0.15, -0.1) is 0 Å². The molecule has 1 aliphatic rings. The van der Waals surface area contributed by atoms with Gasteiger partial charge in [0, 0.05) is 0 Å². The van der Waals surface area contributed by atoms with E-state index in [9.17, 15) is 5.11 Å². The lowest BCUT2D eigenvalue weighted by molar-refractivity contribution is 0.00380. The quantitative estimate of drug-likeness (QED) is 0.811. The molecule has 0 spiro atoms. The lowest BCUT2D eigenvalue weighted by Gasteiger charge is -2.41. The molecule has 0 saturated heterocycles. The molecule has 1 aromatic rings. The summed E-state index contributed by atoms with van der Waals surface area (Å²) in [7, 11) is 0. The molecule has 18 heavy (non-hydrogen) atoms. The molecule has 0 heterocycles. The lowest BCUT2D eigenvalue weighted by atomic mass is 9.65. The first-order valence-corrected chi connectivity index (χ1v) is 7.16. The Balaban J connectivity index is 2.26. The standard InChI is InChI=1S/C17H26O/c1-12-9-13(2)11-14(10-12)16(18)15-7-5-6-8-17(15,3)4/h9-11,15-16,18H,5-8H2,1-4H3. The van der Waals surface area contributed by atoms with Crippen LogP contribution in [0.2, 0.25) is 0 Å². The lowest BCUT2D eigenvalue weighted by Crippen LogP contribution is -2.32. The average molecular weight is 246 g/mol. The van der Waals surface area contributed by atoms with Gasteiger partial charge in [0.05, 0.1) is 6.10 Å². The highest BCUT2D eigenvalue weighted by atomic mass is 16.3. The molecule has 0 bridgehead atoms. The summed E-state index contributed by atoms with van der Waals surface area (Å²) in [6, 6.07) is 6.45. The van der Waals surface area contributed by atoms with Crippen molar-refractivity contribution in [1.29, 1.82) is 0 Å². The van der Waals surface area contributed by atoms with E-state index in [2.05, 4.69) is 45.9 Å². The van der Waals surface area contributed by atoms with Crippen LogP contribution in [0.5, 0.6) is 0 Å². The van der Waals surface area contributed by atoms with E-state index in [1.807, 2.05) is 0 Å². The molecule has 0 amide bonds. The van der Waals surface area contributed by atoms with E-state index in [4.69, 9.17) is 0 Å². The first-order valence-electron chi connectivity index (χ1n) is 7.16. The van der Waals surface area contributed by atoms with Gasteiger partial charge in [-0.05, 0) is 43.6 Å². The van der Waals surface area contributed by atoms with E-state index in [0.29, 0.717) is 5.92 Å². The highest BCUT2D eigenvalue weighted by Crippen LogP contribution is 2.46. The van der Waals surface area contributed by atoms with Crippen LogP contribution >= 0.6 is 0 Å². The van der Waals surface area contributed by atoms with Crippen LogP contribution in [0, 0.1) is 25.2 Å². The van der Waals surface area contributed by atoms with Crippen molar-refractivity contribution in [3.63, 3.8) is 0 Å². The number of hydrogen-bond acceptors (Lipinski definition) is 1. The summed E-state index contributed by atoms with van der Waals surface area (Å²) in [5, 5.41) is 10.7. The SMILES string of the molecule is Cc1cc(C)cc(C(O)C2CCCCC2(C)C)c1. The number of aryl methyl sites for hydroxylation is 2. The maximum absolute atomic E-state index is 10.7. The van der Waals surface area contributed by atoms with E-state index < -0.39 is 0 Å². The number of hydrogen-bond donors (Lipinski definition) is 1. The van der Waals surface area contributed by atoms with E-state index in [-0.39, 0.29) is 11.5 Å². The van der Waals surface area contributed by atoms with Crippen LogP contribution in [-0.4, -0.2) is 5.11 Å². The van der Waals surface area contributed by atoms with E-state index in [0.717, 1.165) is 12.0 Å². The Morgan fingerprint density at radius 1 is 1.11 bits per heavy atom. The molecule has 1 aliphatic carbocycles. The van der Waals surface area contributed by atoms with Crippen molar-refractivity contribution in [2.45, 2.75) is 59.5 Å². The fourth-order valence-corrected chi connectivity index (χ4v) is 3.52. The molecule has 1 N–H and O–H groups in total. The van der Waals surface area contributed by atoms with Crippen molar-refractivity contribution < 1.29 is 5.11 Å². The average Bonchev–Trinajstić information content (AvgIpc) is 2.26. The second kappa shape index (κ2) is 5.05. The van der Waals surface area contributed by atoms with Crippen molar-refractivity contribution in [2.24, 2.45) is 11.3 Å². The minimum Gasteiger partial charge on any atom is -0.388 e. The Labute approximate surface area is 111 Å². The first-order chi connectivity index (χ1) is 8.40. The zero-order valence-electron chi connectivity index (χ0n) is 12.2. The second-order valence-electron chi connectivity index (χ2n) is 6.71. The summed E-state index contributed by atoms with van der Waals surface area (Å²) < 4.78 is 0. The third-order valence-corrected chi connectivity index (χ3v) is 4.56. The van der Waals surface area contributed by atoms with Crippen LogP contribution in [-0.2, 0) is 0 Å². The molecule has 0 aromatic heterocycles. The van der Waals surface area contributed by atoms with Gasteiger partial charge in [0.15, 0.2) is 0 Å². The van der Waals surface area contributed by atoms with Gasteiger partial charge in [0.2, 0.25) is 0 Å². The Hall–Kier alpha value is -0.820. The maximum Gasteiger partial charge on any atom is 0.0823 e. The maximum atomic E-state index is 10.7. The number of rotatable bonds is 2. The molecule has 2 rings (SSSR count). The normalized spacial score (nSPS) is 24.8. The molecule has 1 saturated carbocycles. The molecule has 1 aromatic carbocycles. The second-order valence-corrected chi connectivity index (χ2v) is 6.71. The van der Waals surface area contributed by atoms with Gasteiger partial charge < -0.3 is 5.11 Å². The van der Waals surface area contributed by atoms with Gasteiger partial charge in [-0.25, -0.2) is 0 Å². The molecule has 0 radical (unpaired) electrons. The van der Waals surface area contributed by atoms with Crippen LogP contribution in [0.1, 0.15) is 62.3 Å². The molecule has 2 atom stereocenters. The van der Waals surface area contributed by atoms with Crippen molar-refractivity contribution in [1.82, 2.24) is 0 Å². The smallest absolute Gasteiger partial charge is 0.0823 e. The zero-order chi connectivity index (χ0) is 13.3. The van der Waals surface area contributed by atoms with Gasteiger partial charge in [0.25, 0.3) is 0 Å². The predicted octanol–water partition coefficient (Wildman–Crippen LogP) is 4.55. The largest absolute Gasteiger partial charge is 0.388 e. The molecule has 100 valence electrons. The first kappa shape index (κ1) is 13.6. The molecular weight excluding hydrogens is 220 g/mol. The fraction of sp³-hybridized carbons (Fsp3) is 0.647. The Morgan fingerprint density at radius 2 is 1.72 bits per heavy atom. The zero-order valence-corrected chi connectivity index (χ0v) is 12.2. The number of aliphatic hydroxyl groups is 1. The summed E-state index contributed by atoms with van der Waals surface area (Å²) in [5.74, 6) is 0.396. The summed E-state index contributed by atoms with van der Waals surface area (Å²) >= 11 is 0. The molecular formula is C17H26O. The molecule has 2 unspecified atom stereocenters.